The van der Waals surface area contributed by atoms with Gasteiger partial charge in [-0.1, -0.05) is 17.3 Å². The molecule has 0 fully saturated rings. The Morgan fingerprint density at radius 2 is 2.05 bits per heavy atom. The summed E-state index contributed by atoms with van der Waals surface area (Å²) in [5.41, 5.74) is 0.278. The summed E-state index contributed by atoms with van der Waals surface area (Å²) in [5.74, 6) is 0.329. The van der Waals surface area contributed by atoms with Crippen LogP contribution >= 0.6 is 15.9 Å². The van der Waals surface area contributed by atoms with E-state index in [-0.39, 0.29) is 0 Å². The van der Waals surface area contributed by atoms with E-state index in [4.69, 9.17) is 4.74 Å². The first-order chi connectivity index (χ1) is 9.35. The highest BCUT2D eigenvalue weighted by molar-refractivity contribution is 9.10. The molecule has 1 aromatic carbocycles. The number of ether oxygens (including phenoxy) is 1. The van der Waals surface area contributed by atoms with Crippen LogP contribution in [0.3, 0.4) is 0 Å². The van der Waals surface area contributed by atoms with E-state index in [0.29, 0.717) is 5.82 Å². The second-order valence-corrected chi connectivity index (χ2v) is 5.98. The number of nitrogens with one attached hydrogen (secondary N) is 1. The quantitative estimate of drug-likeness (QED) is 0.911. The molecule has 0 bridgehead atoms. The van der Waals surface area contributed by atoms with Gasteiger partial charge in [0.25, 0.3) is 0 Å². The highest BCUT2D eigenvalue weighted by Gasteiger charge is 2.17. The molecule has 0 spiro atoms. The van der Waals surface area contributed by atoms with Crippen molar-refractivity contribution in [2.75, 3.05) is 5.32 Å². The fraction of sp³-hybridized carbons (Fsp3) is 0.308. The van der Waals surface area contributed by atoms with Gasteiger partial charge in [-0.05, 0) is 48.8 Å². The van der Waals surface area contributed by atoms with Gasteiger partial charge in [0.1, 0.15) is 5.60 Å². The number of hydrogen-bond acceptors (Lipinski definition) is 4. The maximum atomic E-state index is 11.6. The Morgan fingerprint density at radius 3 is 2.70 bits per heavy atom. The van der Waals surface area contributed by atoms with Crippen molar-refractivity contribution in [3.8, 4) is 5.69 Å². The summed E-state index contributed by atoms with van der Waals surface area (Å²) >= 11 is 3.43. The fourth-order valence-electron chi connectivity index (χ4n) is 1.48. The third-order valence-corrected chi connectivity index (χ3v) is 2.89. The average Bonchev–Trinajstić information content (AvgIpc) is 2.75. The number of hydrogen-bond donors (Lipinski definition) is 1. The fourth-order valence-corrected chi connectivity index (χ4v) is 1.95. The van der Waals surface area contributed by atoms with Crippen molar-refractivity contribution in [1.82, 2.24) is 15.0 Å². The normalized spacial score (nSPS) is 11.2. The molecule has 2 rings (SSSR count). The minimum absolute atomic E-state index is 0.329. The van der Waals surface area contributed by atoms with E-state index < -0.39 is 11.7 Å². The summed E-state index contributed by atoms with van der Waals surface area (Å²) in [6.45, 7) is 5.39. The molecular weight excluding hydrogens is 324 g/mol. The summed E-state index contributed by atoms with van der Waals surface area (Å²) in [4.78, 5) is 11.6. The summed E-state index contributed by atoms with van der Waals surface area (Å²) in [7, 11) is 0. The third kappa shape index (κ3) is 3.80. The smallest absolute Gasteiger partial charge is 0.413 e. The maximum absolute atomic E-state index is 11.6. The third-order valence-electron chi connectivity index (χ3n) is 2.22. The van der Waals surface area contributed by atoms with Gasteiger partial charge in [-0.2, -0.15) is 0 Å². The molecule has 0 aliphatic carbocycles. The van der Waals surface area contributed by atoms with Crippen LogP contribution in [0.5, 0.6) is 0 Å². The molecule has 1 heterocycles. The number of carbonyl (C=O) groups excluding carboxylic acids is 1. The lowest BCUT2D eigenvalue weighted by molar-refractivity contribution is 0.0635. The molecule has 7 heteroatoms. The van der Waals surface area contributed by atoms with Gasteiger partial charge >= 0.3 is 6.09 Å². The second-order valence-electron chi connectivity index (χ2n) is 5.13. The molecule has 1 N–H and O–H groups in total. The molecule has 0 saturated heterocycles. The van der Waals surface area contributed by atoms with Gasteiger partial charge in [0.05, 0.1) is 11.9 Å². The molecule has 0 saturated carbocycles. The predicted octanol–water partition coefficient (Wildman–Crippen LogP) is 3.38. The Kier molecular flexibility index (Phi) is 4.08. The first-order valence-electron chi connectivity index (χ1n) is 6.02. The predicted molar refractivity (Wildman–Crippen MR) is 78.9 cm³/mol. The maximum Gasteiger partial charge on any atom is 0.413 e. The Hall–Kier alpha value is -1.89. The summed E-state index contributed by atoms with van der Waals surface area (Å²) in [6.07, 6.45) is 1.06. The highest BCUT2D eigenvalue weighted by Crippen LogP contribution is 2.20. The SMILES string of the molecule is CC(C)(C)OC(=O)Nc1cn(-c2ccccc2Br)nn1. The molecule has 0 unspecified atom stereocenters. The number of amides is 1. The Labute approximate surface area is 125 Å². The number of halogens is 1. The van der Waals surface area contributed by atoms with Crippen LogP contribution in [0.2, 0.25) is 0 Å². The molecule has 1 amide bonds. The van der Waals surface area contributed by atoms with Crippen LogP contribution < -0.4 is 5.32 Å². The summed E-state index contributed by atoms with van der Waals surface area (Å²) in [6, 6.07) is 7.58. The molecular formula is C13H15BrN4O2. The van der Waals surface area contributed by atoms with Crippen LogP contribution in [0.15, 0.2) is 34.9 Å². The Balaban J connectivity index is 2.10. The molecule has 20 heavy (non-hydrogen) atoms. The zero-order chi connectivity index (χ0) is 14.8. The van der Waals surface area contributed by atoms with Gasteiger partial charge in [0.15, 0.2) is 5.82 Å². The van der Waals surface area contributed by atoms with Crippen LogP contribution in [0.4, 0.5) is 10.6 Å². The number of carbonyl (C=O) groups is 1. The summed E-state index contributed by atoms with van der Waals surface area (Å²) in [5, 5.41) is 10.4. The van der Waals surface area contributed by atoms with E-state index in [2.05, 4.69) is 31.6 Å². The standard InChI is InChI=1S/C13H15BrN4O2/c1-13(2,3)20-12(19)15-11-8-18(17-16-11)10-7-5-4-6-9(10)14/h4-8H,1-3H3,(H,15,19). The van der Waals surface area contributed by atoms with E-state index in [0.717, 1.165) is 10.2 Å². The number of rotatable bonds is 2. The molecule has 0 aliphatic rings. The number of anilines is 1. The van der Waals surface area contributed by atoms with Crippen LogP contribution in [0, 0.1) is 0 Å². The lowest BCUT2D eigenvalue weighted by Crippen LogP contribution is -2.27. The number of aromatic nitrogens is 3. The van der Waals surface area contributed by atoms with Crippen molar-refractivity contribution in [3.63, 3.8) is 0 Å². The zero-order valence-corrected chi connectivity index (χ0v) is 13.0. The lowest BCUT2D eigenvalue weighted by Gasteiger charge is -2.18. The van der Waals surface area contributed by atoms with Gasteiger partial charge in [-0.25, -0.2) is 9.48 Å². The van der Waals surface area contributed by atoms with E-state index in [1.165, 1.54) is 0 Å². The molecule has 0 atom stereocenters. The van der Waals surface area contributed by atoms with Crippen molar-refractivity contribution in [2.24, 2.45) is 0 Å². The van der Waals surface area contributed by atoms with E-state index in [1.807, 2.05) is 24.3 Å². The zero-order valence-electron chi connectivity index (χ0n) is 11.4. The lowest BCUT2D eigenvalue weighted by atomic mass is 10.2. The van der Waals surface area contributed by atoms with E-state index in [9.17, 15) is 4.79 Å². The highest BCUT2D eigenvalue weighted by atomic mass is 79.9. The Bertz CT molecular complexity index is 619. The van der Waals surface area contributed by atoms with E-state index in [1.54, 1.807) is 31.6 Å². The van der Waals surface area contributed by atoms with Gasteiger partial charge in [0, 0.05) is 4.47 Å². The molecule has 0 radical (unpaired) electrons. The van der Waals surface area contributed by atoms with Crippen LogP contribution in [0.1, 0.15) is 20.8 Å². The number of benzene rings is 1. The van der Waals surface area contributed by atoms with Gasteiger partial charge in [-0.15, -0.1) is 5.10 Å². The van der Waals surface area contributed by atoms with Gasteiger partial charge in [-0.3, -0.25) is 5.32 Å². The van der Waals surface area contributed by atoms with Crippen LogP contribution in [-0.2, 0) is 4.74 Å². The number of nitrogens with zero attached hydrogens (tertiary/aromatic N) is 3. The van der Waals surface area contributed by atoms with Crippen molar-refractivity contribution in [1.29, 1.82) is 0 Å². The van der Waals surface area contributed by atoms with E-state index >= 15 is 0 Å². The van der Waals surface area contributed by atoms with Crippen LogP contribution in [-0.4, -0.2) is 26.7 Å². The Morgan fingerprint density at radius 1 is 1.35 bits per heavy atom. The monoisotopic (exact) mass is 338 g/mol. The molecule has 2 aromatic rings. The van der Waals surface area contributed by atoms with Crippen molar-refractivity contribution >= 4 is 27.8 Å². The first-order valence-corrected chi connectivity index (χ1v) is 6.82. The molecule has 106 valence electrons. The minimum atomic E-state index is -0.559. The summed E-state index contributed by atoms with van der Waals surface area (Å²) < 4.78 is 7.59. The minimum Gasteiger partial charge on any atom is -0.444 e. The van der Waals surface area contributed by atoms with Crippen molar-refractivity contribution in [2.45, 2.75) is 26.4 Å². The largest absolute Gasteiger partial charge is 0.444 e. The molecule has 6 nitrogen and oxygen atoms in total. The van der Waals surface area contributed by atoms with Gasteiger partial charge in [0.2, 0.25) is 0 Å². The first kappa shape index (κ1) is 14.5. The molecule has 0 aliphatic heterocycles. The number of para-hydroxylation sites is 1. The van der Waals surface area contributed by atoms with Crippen molar-refractivity contribution < 1.29 is 9.53 Å². The van der Waals surface area contributed by atoms with Crippen LogP contribution in [0.25, 0.3) is 5.69 Å². The average molecular weight is 339 g/mol. The van der Waals surface area contributed by atoms with Crippen molar-refractivity contribution in [3.05, 3.63) is 34.9 Å². The molecule has 1 aromatic heterocycles. The van der Waals surface area contributed by atoms with Gasteiger partial charge < -0.3 is 4.74 Å². The topological polar surface area (TPSA) is 69.0 Å². The second kappa shape index (κ2) is 5.62.